The summed E-state index contributed by atoms with van der Waals surface area (Å²) in [6.07, 6.45) is 7.00. The van der Waals surface area contributed by atoms with Gasteiger partial charge in [-0.1, -0.05) is 0 Å². The monoisotopic (exact) mass is 253 g/mol. The molecule has 2 aliphatic heterocycles. The van der Waals surface area contributed by atoms with E-state index >= 15 is 0 Å². The molecule has 2 rings (SSSR count). The number of hydrogen-bond donors (Lipinski definition) is 1. The van der Waals surface area contributed by atoms with Gasteiger partial charge < -0.3 is 15.1 Å². The van der Waals surface area contributed by atoms with Gasteiger partial charge in [0.25, 0.3) is 0 Å². The van der Waals surface area contributed by atoms with Crippen LogP contribution in [-0.2, 0) is 0 Å². The molecule has 1 N–H and O–H groups in total. The van der Waals surface area contributed by atoms with Crippen LogP contribution in [0.25, 0.3) is 0 Å². The molecular formula is C15H31N3. The Labute approximate surface area is 113 Å². The van der Waals surface area contributed by atoms with E-state index in [2.05, 4.69) is 36.3 Å². The summed E-state index contributed by atoms with van der Waals surface area (Å²) in [6.45, 7) is 5.06. The molecule has 106 valence electrons. The second-order valence-electron chi connectivity index (χ2n) is 6.64. The highest BCUT2D eigenvalue weighted by atomic mass is 15.1. The smallest absolute Gasteiger partial charge is 0.0133 e. The average Bonchev–Trinajstić information content (AvgIpc) is 2.37. The number of nitrogens with one attached hydrogen (secondary N) is 1. The fraction of sp³-hybridized carbons (Fsp3) is 1.00. The van der Waals surface area contributed by atoms with E-state index in [1.807, 2.05) is 0 Å². The van der Waals surface area contributed by atoms with E-state index in [9.17, 15) is 0 Å². The summed E-state index contributed by atoms with van der Waals surface area (Å²) in [5.74, 6) is 1.78. The zero-order valence-corrected chi connectivity index (χ0v) is 12.5. The SMILES string of the molecule is CN1CCCC(C(CC2CCCNC2)N(C)C)C1. The second kappa shape index (κ2) is 6.88. The summed E-state index contributed by atoms with van der Waals surface area (Å²) < 4.78 is 0. The van der Waals surface area contributed by atoms with E-state index < -0.39 is 0 Å². The van der Waals surface area contributed by atoms with Crippen LogP contribution in [0.1, 0.15) is 32.1 Å². The van der Waals surface area contributed by atoms with Crippen LogP contribution in [0, 0.1) is 11.8 Å². The third kappa shape index (κ3) is 3.94. The van der Waals surface area contributed by atoms with Gasteiger partial charge in [-0.3, -0.25) is 0 Å². The first-order valence-electron chi connectivity index (χ1n) is 7.72. The molecule has 0 radical (unpaired) electrons. The largest absolute Gasteiger partial charge is 0.316 e. The van der Waals surface area contributed by atoms with Gasteiger partial charge in [0.15, 0.2) is 0 Å². The van der Waals surface area contributed by atoms with E-state index in [1.165, 1.54) is 58.3 Å². The summed E-state index contributed by atoms with van der Waals surface area (Å²) in [5, 5.41) is 3.56. The molecule has 2 saturated heterocycles. The maximum Gasteiger partial charge on any atom is 0.0133 e. The maximum absolute atomic E-state index is 3.56. The van der Waals surface area contributed by atoms with Crippen LogP contribution in [0.15, 0.2) is 0 Å². The molecule has 3 nitrogen and oxygen atoms in total. The quantitative estimate of drug-likeness (QED) is 0.822. The molecule has 0 aromatic rings. The lowest BCUT2D eigenvalue weighted by atomic mass is 9.82. The zero-order chi connectivity index (χ0) is 13.0. The van der Waals surface area contributed by atoms with Crippen molar-refractivity contribution in [2.75, 3.05) is 47.3 Å². The molecule has 18 heavy (non-hydrogen) atoms. The fourth-order valence-corrected chi connectivity index (χ4v) is 3.81. The van der Waals surface area contributed by atoms with Gasteiger partial charge in [0.2, 0.25) is 0 Å². The summed E-state index contributed by atoms with van der Waals surface area (Å²) >= 11 is 0. The van der Waals surface area contributed by atoms with Crippen molar-refractivity contribution in [3.8, 4) is 0 Å². The third-order valence-electron chi connectivity index (χ3n) is 4.84. The number of rotatable bonds is 4. The number of nitrogens with zero attached hydrogens (tertiary/aromatic N) is 2. The second-order valence-corrected chi connectivity index (χ2v) is 6.64. The Morgan fingerprint density at radius 2 is 2.11 bits per heavy atom. The highest BCUT2D eigenvalue weighted by Gasteiger charge is 2.29. The van der Waals surface area contributed by atoms with Gasteiger partial charge in [0.1, 0.15) is 0 Å². The number of likely N-dealkylation sites (tertiary alicyclic amines) is 1. The third-order valence-corrected chi connectivity index (χ3v) is 4.84. The minimum Gasteiger partial charge on any atom is -0.316 e. The van der Waals surface area contributed by atoms with Gasteiger partial charge >= 0.3 is 0 Å². The van der Waals surface area contributed by atoms with Crippen molar-refractivity contribution in [1.29, 1.82) is 0 Å². The van der Waals surface area contributed by atoms with Gasteiger partial charge in [-0.25, -0.2) is 0 Å². The summed E-state index contributed by atoms with van der Waals surface area (Å²) in [5.41, 5.74) is 0. The van der Waals surface area contributed by atoms with E-state index in [-0.39, 0.29) is 0 Å². The van der Waals surface area contributed by atoms with Gasteiger partial charge in [-0.05, 0) is 84.7 Å². The number of piperidine rings is 2. The molecule has 0 aromatic heterocycles. The average molecular weight is 253 g/mol. The lowest BCUT2D eigenvalue weighted by Crippen LogP contribution is -2.46. The molecule has 0 aliphatic carbocycles. The van der Waals surface area contributed by atoms with Gasteiger partial charge in [0, 0.05) is 12.6 Å². The standard InChI is InChI=1S/C15H31N3/c1-17(2)15(10-13-6-4-8-16-11-13)14-7-5-9-18(3)12-14/h13-16H,4-12H2,1-3H3. The summed E-state index contributed by atoms with van der Waals surface area (Å²) in [6, 6.07) is 0.776. The van der Waals surface area contributed by atoms with Crippen LogP contribution in [0.2, 0.25) is 0 Å². The van der Waals surface area contributed by atoms with Crippen molar-refractivity contribution in [2.45, 2.75) is 38.1 Å². The van der Waals surface area contributed by atoms with Crippen LogP contribution in [0.4, 0.5) is 0 Å². The molecule has 2 heterocycles. The van der Waals surface area contributed by atoms with Crippen molar-refractivity contribution >= 4 is 0 Å². The highest BCUT2D eigenvalue weighted by molar-refractivity contribution is 4.85. The lowest BCUT2D eigenvalue weighted by molar-refractivity contribution is 0.1000. The maximum atomic E-state index is 3.56. The van der Waals surface area contributed by atoms with E-state index in [0.29, 0.717) is 0 Å². The summed E-state index contributed by atoms with van der Waals surface area (Å²) in [4.78, 5) is 5.00. The van der Waals surface area contributed by atoms with E-state index in [4.69, 9.17) is 0 Å². The van der Waals surface area contributed by atoms with Crippen LogP contribution >= 0.6 is 0 Å². The van der Waals surface area contributed by atoms with Crippen molar-refractivity contribution < 1.29 is 0 Å². The van der Waals surface area contributed by atoms with Crippen LogP contribution < -0.4 is 5.32 Å². The molecule has 2 aliphatic rings. The molecule has 0 amide bonds. The van der Waals surface area contributed by atoms with E-state index in [1.54, 1.807) is 0 Å². The molecule has 3 atom stereocenters. The molecule has 3 heteroatoms. The first kappa shape index (κ1) is 14.3. The van der Waals surface area contributed by atoms with Crippen LogP contribution in [-0.4, -0.2) is 63.2 Å². The molecule has 2 fully saturated rings. The van der Waals surface area contributed by atoms with Gasteiger partial charge in [-0.2, -0.15) is 0 Å². The minimum atomic E-state index is 0.776. The molecule has 0 spiro atoms. The van der Waals surface area contributed by atoms with Crippen molar-refractivity contribution in [2.24, 2.45) is 11.8 Å². The first-order chi connectivity index (χ1) is 8.66. The minimum absolute atomic E-state index is 0.776. The van der Waals surface area contributed by atoms with Crippen LogP contribution in [0.3, 0.4) is 0 Å². The Hall–Kier alpha value is -0.120. The predicted octanol–water partition coefficient (Wildman–Crippen LogP) is 1.65. The van der Waals surface area contributed by atoms with Gasteiger partial charge in [-0.15, -0.1) is 0 Å². The van der Waals surface area contributed by atoms with Crippen molar-refractivity contribution in [1.82, 2.24) is 15.1 Å². The number of hydrogen-bond acceptors (Lipinski definition) is 3. The van der Waals surface area contributed by atoms with Crippen molar-refractivity contribution in [3.05, 3.63) is 0 Å². The Bertz CT molecular complexity index is 236. The molecule has 0 bridgehead atoms. The van der Waals surface area contributed by atoms with Crippen LogP contribution in [0.5, 0.6) is 0 Å². The Kier molecular flexibility index (Phi) is 5.46. The zero-order valence-electron chi connectivity index (χ0n) is 12.5. The molecule has 0 aromatic carbocycles. The highest BCUT2D eigenvalue weighted by Crippen LogP contribution is 2.27. The Morgan fingerprint density at radius 3 is 2.72 bits per heavy atom. The molecular weight excluding hydrogens is 222 g/mol. The Morgan fingerprint density at radius 1 is 1.28 bits per heavy atom. The van der Waals surface area contributed by atoms with Crippen molar-refractivity contribution in [3.63, 3.8) is 0 Å². The molecule has 3 unspecified atom stereocenters. The normalized spacial score (nSPS) is 32.7. The fourth-order valence-electron chi connectivity index (χ4n) is 3.81. The summed E-state index contributed by atoms with van der Waals surface area (Å²) in [7, 11) is 6.83. The molecule has 0 saturated carbocycles. The van der Waals surface area contributed by atoms with Gasteiger partial charge in [0.05, 0.1) is 0 Å². The Balaban J connectivity index is 1.89. The topological polar surface area (TPSA) is 18.5 Å². The predicted molar refractivity (Wildman–Crippen MR) is 77.9 cm³/mol. The van der Waals surface area contributed by atoms with E-state index in [0.717, 1.165) is 17.9 Å². The lowest BCUT2D eigenvalue weighted by Gasteiger charge is -2.40. The first-order valence-corrected chi connectivity index (χ1v) is 7.72.